The molecule has 1 aromatic rings. The lowest BCUT2D eigenvalue weighted by Crippen LogP contribution is -2.48. The fourth-order valence-corrected chi connectivity index (χ4v) is 4.67. The van der Waals surface area contributed by atoms with Crippen LogP contribution in [0.5, 0.6) is 0 Å². The van der Waals surface area contributed by atoms with E-state index in [9.17, 15) is 20.6 Å². The van der Waals surface area contributed by atoms with Gasteiger partial charge in [-0.25, -0.2) is 0 Å². The number of hydrogen-bond donors (Lipinski definition) is 1. The number of amides is 1. The van der Waals surface area contributed by atoms with Crippen molar-refractivity contribution in [2.45, 2.75) is 12.8 Å². The Morgan fingerprint density at radius 3 is 2.64 bits per heavy atom. The topological polar surface area (TPSA) is 118 Å². The van der Waals surface area contributed by atoms with E-state index in [1.807, 2.05) is 23.6 Å². The normalized spacial score (nSPS) is 24.4. The molecule has 3 rings (SSSR count). The molecule has 0 spiro atoms. The zero-order valence-electron chi connectivity index (χ0n) is 13.6. The van der Waals surface area contributed by atoms with E-state index in [0.29, 0.717) is 13.1 Å². The van der Waals surface area contributed by atoms with Gasteiger partial charge in [0.2, 0.25) is 5.91 Å². The first-order chi connectivity index (χ1) is 12.0. The van der Waals surface area contributed by atoms with E-state index in [4.69, 9.17) is 5.73 Å². The highest BCUT2D eigenvalue weighted by Gasteiger charge is 2.55. The Balaban J connectivity index is 2.29. The largest absolute Gasteiger partial charge is 0.399 e. The zero-order chi connectivity index (χ0) is 18.2. The fraction of sp³-hybridized carbons (Fsp3) is 0.333. The minimum Gasteiger partial charge on any atom is -0.399 e. The second-order valence-corrected chi connectivity index (χ2v) is 7.09. The third-order valence-electron chi connectivity index (χ3n) is 4.96. The number of carbonyl (C=O) groups is 1. The van der Waals surface area contributed by atoms with E-state index in [-0.39, 0.29) is 23.1 Å². The van der Waals surface area contributed by atoms with Crippen LogP contribution in [-0.2, 0) is 4.79 Å². The molecular formula is C18H15N5OS. The number of nitrogens with two attached hydrogens (primary N) is 1. The summed E-state index contributed by atoms with van der Waals surface area (Å²) in [7, 11) is 0. The monoisotopic (exact) mass is 349 g/mol. The summed E-state index contributed by atoms with van der Waals surface area (Å²) in [6.07, 6.45) is 1.82. The third kappa shape index (κ3) is 2.31. The Morgan fingerprint density at radius 1 is 1.40 bits per heavy atom. The van der Waals surface area contributed by atoms with Gasteiger partial charge in [0.1, 0.15) is 6.07 Å². The molecule has 2 aliphatic rings. The highest BCUT2D eigenvalue weighted by Crippen LogP contribution is 2.54. The molecule has 6 nitrogen and oxygen atoms in total. The molecule has 2 N–H and O–H groups in total. The summed E-state index contributed by atoms with van der Waals surface area (Å²) in [5.41, 5.74) is 5.50. The zero-order valence-corrected chi connectivity index (χ0v) is 14.4. The Hall–Kier alpha value is -3.08. The Labute approximate surface area is 149 Å². The molecule has 1 aliphatic heterocycles. The smallest absolute Gasteiger partial charge is 0.219 e. The van der Waals surface area contributed by atoms with Gasteiger partial charge in [0.15, 0.2) is 5.41 Å². The van der Waals surface area contributed by atoms with Crippen molar-refractivity contribution in [3.63, 3.8) is 0 Å². The van der Waals surface area contributed by atoms with Gasteiger partial charge in [-0.3, -0.25) is 4.79 Å². The molecule has 0 unspecified atom stereocenters. The molecule has 2 heterocycles. The molecule has 0 saturated heterocycles. The molecule has 0 bridgehead atoms. The number of thiophene rings is 1. The number of fused-ring (bicyclic) bond motifs is 1. The first-order valence-electron chi connectivity index (χ1n) is 7.72. The molecule has 1 aromatic heterocycles. The van der Waals surface area contributed by atoms with E-state index < -0.39 is 11.3 Å². The molecule has 1 aliphatic carbocycles. The number of carbonyl (C=O) groups excluding carboxylic acids is 1. The molecule has 0 radical (unpaired) electrons. The van der Waals surface area contributed by atoms with E-state index >= 15 is 0 Å². The van der Waals surface area contributed by atoms with Gasteiger partial charge in [0, 0.05) is 36.7 Å². The number of nitrogens with zero attached hydrogens (tertiary/aromatic N) is 4. The van der Waals surface area contributed by atoms with Crippen molar-refractivity contribution in [2.24, 2.45) is 17.1 Å². The van der Waals surface area contributed by atoms with Gasteiger partial charge in [0.25, 0.3) is 0 Å². The quantitative estimate of drug-likeness (QED) is 0.832. The maximum atomic E-state index is 11.8. The van der Waals surface area contributed by atoms with Crippen LogP contribution in [0.15, 0.2) is 40.4 Å². The highest BCUT2D eigenvalue weighted by atomic mass is 32.1. The molecule has 124 valence electrons. The van der Waals surface area contributed by atoms with Gasteiger partial charge in [-0.15, -0.1) is 11.3 Å². The van der Waals surface area contributed by atoms with Crippen LogP contribution >= 0.6 is 11.3 Å². The number of allylic oxidation sites excluding steroid dienone is 2. The SMILES string of the molecule is CC(=O)N1CC=C2C(C#N)=C(N)C(C#N)(C#N)[C@H](c3cccs3)[C@H]2C1. The highest BCUT2D eigenvalue weighted by molar-refractivity contribution is 7.10. The number of hydrogen-bond acceptors (Lipinski definition) is 6. The lowest BCUT2D eigenvalue weighted by atomic mass is 9.59. The van der Waals surface area contributed by atoms with Crippen LogP contribution in [0.3, 0.4) is 0 Å². The van der Waals surface area contributed by atoms with Gasteiger partial charge < -0.3 is 10.6 Å². The summed E-state index contributed by atoms with van der Waals surface area (Å²) in [6, 6.07) is 9.95. The predicted molar refractivity (Wildman–Crippen MR) is 91.4 cm³/mol. The summed E-state index contributed by atoms with van der Waals surface area (Å²) < 4.78 is 0. The van der Waals surface area contributed by atoms with E-state index in [0.717, 1.165) is 10.5 Å². The molecule has 0 fully saturated rings. The van der Waals surface area contributed by atoms with Crippen molar-refractivity contribution in [1.82, 2.24) is 4.90 Å². The van der Waals surface area contributed by atoms with Crippen LogP contribution < -0.4 is 5.73 Å². The number of rotatable bonds is 1. The lowest BCUT2D eigenvalue weighted by molar-refractivity contribution is -0.129. The summed E-state index contributed by atoms with van der Waals surface area (Å²) in [5, 5.41) is 31.2. The Bertz CT molecular complexity index is 893. The Morgan fingerprint density at radius 2 is 2.12 bits per heavy atom. The molecule has 0 saturated carbocycles. The van der Waals surface area contributed by atoms with Crippen LogP contribution in [0.25, 0.3) is 0 Å². The van der Waals surface area contributed by atoms with Crippen molar-refractivity contribution in [1.29, 1.82) is 15.8 Å². The predicted octanol–water partition coefficient (Wildman–Crippen LogP) is 2.02. The average molecular weight is 349 g/mol. The fourth-order valence-electron chi connectivity index (χ4n) is 3.71. The number of nitriles is 3. The Kier molecular flexibility index (Phi) is 4.08. The molecule has 2 atom stereocenters. The summed E-state index contributed by atoms with van der Waals surface area (Å²) in [6.45, 7) is 2.23. The van der Waals surface area contributed by atoms with E-state index in [1.54, 1.807) is 4.90 Å². The van der Waals surface area contributed by atoms with Crippen molar-refractivity contribution in [3.05, 3.63) is 45.3 Å². The van der Waals surface area contributed by atoms with Gasteiger partial charge in [0.05, 0.1) is 23.4 Å². The molecular weight excluding hydrogens is 334 g/mol. The van der Waals surface area contributed by atoms with Crippen molar-refractivity contribution in [2.75, 3.05) is 13.1 Å². The van der Waals surface area contributed by atoms with Crippen LogP contribution in [0.4, 0.5) is 0 Å². The summed E-state index contributed by atoms with van der Waals surface area (Å²) in [4.78, 5) is 14.4. The van der Waals surface area contributed by atoms with Crippen LogP contribution in [0, 0.1) is 45.3 Å². The minimum absolute atomic E-state index is 0.0113. The maximum absolute atomic E-state index is 11.8. The second-order valence-electron chi connectivity index (χ2n) is 6.12. The van der Waals surface area contributed by atoms with E-state index in [1.165, 1.54) is 18.3 Å². The van der Waals surface area contributed by atoms with Crippen molar-refractivity contribution < 1.29 is 4.79 Å². The van der Waals surface area contributed by atoms with Crippen LogP contribution in [0.2, 0.25) is 0 Å². The molecule has 7 heteroatoms. The van der Waals surface area contributed by atoms with Crippen molar-refractivity contribution >= 4 is 17.2 Å². The summed E-state index contributed by atoms with van der Waals surface area (Å²) in [5.74, 6) is -0.925. The molecule has 0 aromatic carbocycles. The first-order valence-corrected chi connectivity index (χ1v) is 8.60. The van der Waals surface area contributed by atoms with E-state index in [2.05, 4.69) is 18.2 Å². The van der Waals surface area contributed by atoms with Crippen LogP contribution in [0.1, 0.15) is 17.7 Å². The standard InChI is InChI=1S/C18H15N5OS/c1-11(24)23-5-4-12-13(7-19)17(22)18(9-20,10-21)16(14(12)8-23)15-3-2-6-25-15/h2-4,6,14,16H,5,8,22H2,1H3/t14-,16-/m0/s1. The second kappa shape index (κ2) is 6.09. The lowest BCUT2D eigenvalue weighted by Gasteiger charge is -2.44. The average Bonchev–Trinajstić information content (AvgIpc) is 3.14. The first kappa shape index (κ1) is 16.8. The molecule has 25 heavy (non-hydrogen) atoms. The maximum Gasteiger partial charge on any atom is 0.219 e. The summed E-state index contributed by atoms with van der Waals surface area (Å²) >= 11 is 1.44. The molecule has 1 amide bonds. The van der Waals surface area contributed by atoms with Gasteiger partial charge in [-0.05, 0) is 17.0 Å². The third-order valence-corrected chi connectivity index (χ3v) is 5.91. The minimum atomic E-state index is -1.63. The van der Waals surface area contributed by atoms with Gasteiger partial charge in [-0.1, -0.05) is 12.1 Å². The van der Waals surface area contributed by atoms with Gasteiger partial charge in [-0.2, -0.15) is 15.8 Å². The van der Waals surface area contributed by atoms with Crippen molar-refractivity contribution in [3.8, 4) is 18.2 Å². The van der Waals surface area contributed by atoms with Gasteiger partial charge >= 0.3 is 0 Å². The van der Waals surface area contributed by atoms with Crippen LogP contribution in [-0.4, -0.2) is 23.9 Å².